The fraction of sp³-hybridized carbons (Fsp3) is 0.600. The number of carbonyl (C=O) groups excluding carboxylic acids is 1. The fourth-order valence-electron chi connectivity index (χ4n) is 2.80. The lowest BCUT2D eigenvalue weighted by atomic mass is 9.88. The summed E-state index contributed by atoms with van der Waals surface area (Å²) in [4.78, 5) is 16.6. The second kappa shape index (κ2) is 5.51. The van der Waals surface area contributed by atoms with Crippen molar-refractivity contribution in [3.05, 3.63) is 23.0 Å². The summed E-state index contributed by atoms with van der Waals surface area (Å²) in [5, 5.41) is 3.07. The highest BCUT2D eigenvalue weighted by molar-refractivity contribution is 5.93. The number of anilines is 1. The summed E-state index contributed by atoms with van der Waals surface area (Å²) in [7, 11) is 0. The molecule has 3 nitrogen and oxygen atoms in total. The topological polar surface area (TPSA) is 42.0 Å². The lowest BCUT2D eigenvalue weighted by Crippen LogP contribution is -2.25. The molecule has 0 unspecified atom stereocenters. The third-order valence-corrected chi connectivity index (χ3v) is 3.75. The van der Waals surface area contributed by atoms with E-state index in [9.17, 15) is 4.79 Å². The molecule has 2 rings (SSSR count). The zero-order chi connectivity index (χ0) is 13.1. The molecule has 1 saturated carbocycles. The predicted octanol–water partition coefficient (Wildman–Crippen LogP) is 3.53. The zero-order valence-corrected chi connectivity index (χ0v) is 11.5. The lowest BCUT2D eigenvalue weighted by Gasteiger charge is -2.22. The zero-order valence-electron chi connectivity index (χ0n) is 11.5. The van der Waals surface area contributed by atoms with Gasteiger partial charge in [-0.3, -0.25) is 9.78 Å². The third kappa shape index (κ3) is 2.89. The van der Waals surface area contributed by atoms with Crippen molar-refractivity contribution in [1.82, 2.24) is 4.98 Å². The molecule has 0 radical (unpaired) electrons. The molecule has 0 spiro atoms. The standard InChI is InChI=1S/C15H22N2O/c1-10-9-11(2)16-12(3)14(10)17-15(18)13-7-5-4-6-8-13/h9,13H,4-8H2,1-3H3,(H,17,18). The van der Waals surface area contributed by atoms with Gasteiger partial charge in [-0.1, -0.05) is 19.3 Å². The Morgan fingerprint density at radius 2 is 1.89 bits per heavy atom. The largest absolute Gasteiger partial charge is 0.324 e. The Hall–Kier alpha value is -1.38. The maximum atomic E-state index is 12.2. The van der Waals surface area contributed by atoms with Crippen molar-refractivity contribution in [1.29, 1.82) is 0 Å². The molecule has 1 amide bonds. The van der Waals surface area contributed by atoms with Gasteiger partial charge in [0.15, 0.2) is 0 Å². The van der Waals surface area contributed by atoms with Gasteiger partial charge < -0.3 is 5.32 Å². The molecule has 18 heavy (non-hydrogen) atoms. The molecule has 0 aromatic carbocycles. The van der Waals surface area contributed by atoms with Gasteiger partial charge in [-0.25, -0.2) is 0 Å². The first-order valence-corrected chi connectivity index (χ1v) is 6.83. The van der Waals surface area contributed by atoms with Crippen LogP contribution in [0.5, 0.6) is 0 Å². The molecule has 0 aliphatic heterocycles. The molecule has 3 heteroatoms. The molecule has 1 aromatic heterocycles. The molecular formula is C15H22N2O. The maximum Gasteiger partial charge on any atom is 0.227 e. The van der Waals surface area contributed by atoms with Crippen molar-refractivity contribution in [2.24, 2.45) is 5.92 Å². The number of hydrogen-bond donors (Lipinski definition) is 1. The number of aromatic nitrogens is 1. The van der Waals surface area contributed by atoms with E-state index in [0.29, 0.717) is 0 Å². The maximum absolute atomic E-state index is 12.2. The lowest BCUT2D eigenvalue weighted by molar-refractivity contribution is -0.120. The Bertz CT molecular complexity index is 425. The molecular weight excluding hydrogens is 224 g/mol. The van der Waals surface area contributed by atoms with Crippen LogP contribution in [0.2, 0.25) is 0 Å². The van der Waals surface area contributed by atoms with Crippen LogP contribution in [0, 0.1) is 26.7 Å². The molecule has 0 bridgehead atoms. The number of carbonyl (C=O) groups is 1. The minimum Gasteiger partial charge on any atom is -0.324 e. The van der Waals surface area contributed by atoms with Crippen LogP contribution in [-0.2, 0) is 4.79 Å². The molecule has 1 aromatic rings. The van der Waals surface area contributed by atoms with E-state index >= 15 is 0 Å². The van der Waals surface area contributed by atoms with Crippen molar-refractivity contribution in [3.63, 3.8) is 0 Å². The van der Waals surface area contributed by atoms with Gasteiger partial charge in [0.25, 0.3) is 0 Å². The van der Waals surface area contributed by atoms with Gasteiger partial charge in [0.2, 0.25) is 5.91 Å². The Balaban J connectivity index is 2.11. The third-order valence-electron chi connectivity index (χ3n) is 3.75. The number of aryl methyl sites for hydroxylation is 3. The van der Waals surface area contributed by atoms with Gasteiger partial charge in [-0.15, -0.1) is 0 Å². The van der Waals surface area contributed by atoms with E-state index in [2.05, 4.69) is 10.3 Å². The summed E-state index contributed by atoms with van der Waals surface area (Å²) >= 11 is 0. The summed E-state index contributed by atoms with van der Waals surface area (Å²) in [6, 6.07) is 2.02. The summed E-state index contributed by atoms with van der Waals surface area (Å²) in [5.41, 5.74) is 3.91. The molecule has 1 N–H and O–H groups in total. The van der Waals surface area contributed by atoms with Gasteiger partial charge in [0.1, 0.15) is 0 Å². The van der Waals surface area contributed by atoms with E-state index in [1.807, 2.05) is 26.8 Å². The summed E-state index contributed by atoms with van der Waals surface area (Å²) in [6.45, 7) is 5.96. The molecule has 1 fully saturated rings. The number of nitrogens with one attached hydrogen (secondary N) is 1. The summed E-state index contributed by atoms with van der Waals surface area (Å²) in [6.07, 6.45) is 5.70. The van der Waals surface area contributed by atoms with Crippen LogP contribution in [0.15, 0.2) is 6.07 Å². The smallest absolute Gasteiger partial charge is 0.227 e. The highest BCUT2D eigenvalue weighted by Gasteiger charge is 2.22. The normalized spacial score (nSPS) is 16.6. The van der Waals surface area contributed by atoms with Crippen molar-refractivity contribution in [2.75, 3.05) is 5.32 Å². The van der Waals surface area contributed by atoms with E-state index < -0.39 is 0 Å². The van der Waals surface area contributed by atoms with Crippen molar-refractivity contribution >= 4 is 11.6 Å². The first-order chi connectivity index (χ1) is 8.58. The Kier molecular flexibility index (Phi) is 4.00. The van der Waals surface area contributed by atoms with Crippen molar-refractivity contribution in [3.8, 4) is 0 Å². The number of pyridine rings is 1. The molecule has 0 atom stereocenters. The number of nitrogens with zero attached hydrogens (tertiary/aromatic N) is 1. The molecule has 1 aliphatic rings. The SMILES string of the molecule is Cc1cc(C)c(NC(=O)C2CCCCC2)c(C)n1. The van der Waals surface area contributed by atoms with Gasteiger partial charge in [0, 0.05) is 11.6 Å². The van der Waals surface area contributed by atoms with Gasteiger partial charge in [0.05, 0.1) is 11.4 Å². The van der Waals surface area contributed by atoms with Crippen LogP contribution in [0.3, 0.4) is 0 Å². The van der Waals surface area contributed by atoms with Crippen molar-refractivity contribution in [2.45, 2.75) is 52.9 Å². The van der Waals surface area contributed by atoms with Crippen LogP contribution >= 0.6 is 0 Å². The average Bonchev–Trinajstić information content (AvgIpc) is 2.34. The van der Waals surface area contributed by atoms with E-state index in [1.165, 1.54) is 19.3 Å². The van der Waals surface area contributed by atoms with E-state index in [0.717, 1.165) is 35.5 Å². The van der Waals surface area contributed by atoms with Crippen molar-refractivity contribution < 1.29 is 4.79 Å². The second-order valence-corrected chi connectivity index (χ2v) is 5.37. The highest BCUT2D eigenvalue weighted by atomic mass is 16.1. The Morgan fingerprint density at radius 3 is 2.50 bits per heavy atom. The average molecular weight is 246 g/mol. The van der Waals surface area contributed by atoms with Crippen LogP contribution in [0.1, 0.15) is 49.1 Å². The van der Waals surface area contributed by atoms with Gasteiger partial charge in [-0.05, 0) is 45.2 Å². The summed E-state index contributed by atoms with van der Waals surface area (Å²) < 4.78 is 0. The van der Waals surface area contributed by atoms with Crippen LogP contribution in [-0.4, -0.2) is 10.9 Å². The minimum atomic E-state index is 0.173. The number of hydrogen-bond acceptors (Lipinski definition) is 2. The van der Waals surface area contributed by atoms with Crippen LogP contribution in [0.25, 0.3) is 0 Å². The van der Waals surface area contributed by atoms with E-state index in [1.54, 1.807) is 0 Å². The van der Waals surface area contributed by atoms with E-state index in [-0.39, 0.29) is 11.8 Å². The molecule has 1 aliphatic carbocycles. The quantitative estimate of drug-likeness (QED) is 0.867. The predicted molar refractivity (Wildman–Crippen MR) is 73.7 cm³/mol. The first kappa shape index (κ1) is 13.1. The highest BCUT2D eigenvalue weighted by Crippen LogP contribution is 2.26. The second-order valence-electron chi connectivity index (χ2n) is 5.37. The van der Waals surface area contributed by atoms with Crippen LogP contribution in [0.4, 0.5) is 5.69 Å². The molecule has 1 heterocycles. The molecule has 98 valence electrons. The van der Waals surface area contributed by atoms with E-state index in [4.69, 9.17) is 0 Å². The Labute approximate surface area is 109 Å². The number of amides is 1. The first-order valence-electron chi connectivity index (χ1n) is 6.83. The number of rotatable bonds is 2. The van der Waals surface area contributed by atoms with Crippen LogP contribution < -0.4 is 5.32 Å². The fourth-order valence-corrected chi connectivity index (χ4v) is 2.80. The van der Waals surface area contributed by atoms with Gasteiger partial charge in [-0.2, -0.15) is 0 Å². The van der Waals surface area contributed by atoms with Gasteiger partial charge >= 0.3 is 0 Å². The monoisotopic (exact) mass is 246 g/mol. The Morgan fingerprint density at radius 1 is 1.22 bits per heavy atom. The summed E-state index contributed by atoms with van der Waals surface area (Å²) in [5.74, 6) is 0.366. The molecule has 0 saturated heterocycles. The minimum absolute atomic E-state index is 0.173.